The first kappa shape index (κ1) is 11.7. The molecule has 0 amide bonds. The molecule has 0 radical (unpaired) electrons. The van der Waals surface area contributed by atoms with Gasteiger partial charge < -0.3 is 5.11 Å². The summed E-state index contributed by atoms with van der Waals surface area (Å²) in [6, 6.07) is 4.48. The van der Waals surface area contributed by atoms with Crippen LogP contribution in [0.5, 0.6) is 0 Å². The van der Waals surface area contributed by atoms with E-state index in [0.29, 0.717) is 0 Å². The number of benzene rings is 1. The van der Waals surface area contributed by atoms with E-state index in [9.17, 15) is 23.1 Å². The number of halogens is 3. The fourth-order valence-corrected chi connectivity index (χ4v) is 1.21. The molecule has 1 unspecified atom stereocenters. The minimum Gasteiger partial charge on any atom is -0.381 e. The quantitative estimate of drug-likeness (QED) is 0.827. The highest BCUT2D eigenvalue weighted by Crippen LogP contribution is 2.34. The summed E-state index contributed by atoms with van der Waals surface area (Å²) in [7, 11) is 0. The number of ketones is 1. The van der Waals surface area contributed by atoms with E-state index in [2.05, 4.69) is 0 Å². The van der Waals surface area contributed by atoms with Gasteiger partial charge in [0.1, 0.15) is 6.10 Å². The lowest BCUT2D eigenvalue weighted by atomic mass is 10.00. The number of carbonyl (C=O) groups excluding carboxylic acids is 1. The molecule has 2 nitrogen and oxygen atoms in total. The molecule has 0 saturated carbocycles. The van der Waals surface area contributed by atoms with Gasteiger partial charge in [0.25, 0.3) is 0 Å². The molecule has 1 N–H and O–H groups in total. The Bertz CT molecular complexity index is 371. The van der Waals surface area contributed by atoms with E-state index in [4.69, 9.17) is 0 Å². The molecule has 0 spiro atoms. The van der Waals surface area contributed by atoms with Crippen molar-refractivity contribution in [2.75, 3.05) is 0 Å². The number of Topliss-reactive ketones (excluding diaryl/α,β-unsaturated/α-hetero) is 1. The van der Waals surface area contributed by atoms with Gasteiger partial charge in [0.15, 0.2) is 5.78 Å². The highest BCUT2D eigenvalue weighted by molar-refractivity contribution is 5.82. The van der Waals surface area contributed by atoms with Gasteiger partial charge in [0.2, 0.25) is 0 Å². The summed E-state index contributed by atoms with van der Waals surface area (Å²) in [5.41, 5.74) is -1.38. The molecule has 0 aliphatic heterocycles. The number of aliphatic hydroxyl groups is 1. The van der Waals surface area contributed by atoms with Crippen LogP contribution in [0.3, 0.4) is 0 Å². The zero-order valence-electron chi connectivity index (χ0n) is 7.88. The zero-order valence-corrected chi connectivity index (χ0v) is 7.88. The third-order valence-electron chi connectivity index (χ3n) is 1.95. The van der Waals surface area contributed by atoms with Crippen LogP contribution in [0.2, 0.25) is 0 Å². The molecule has 1 aromatic rings. The van der Waals surface area contributed by atoms with Crippen molar-refractivity contribution in [1.82, 2.24) is 0 Å². The predicted octanol–water partition coefficient (Wildman–Crippen LogP) is 2.33. The van der Waals surface area contributed by atoms with Gasteiger partial charge in [-0.3, -0.25) is 4.79 Å². The van der Waals surface area contributed by atoms with Gasteiger partial charge in [-0.05, 0) is 13.0 Å². The number of hydrogen-bond acceptors (Lipinski definition) is 2. The van der Waals surface area contributed by atoms with Crippen LogP contribution in [-0.4, -0.2) is 10.9 Å². The fraction of sp³-hybridized carbons (Fsp3) is 0.300. The first-order valence-electron chi connectivity index (χ1n) is 4.18. The van der Waals surface area contributed by atoms with Gasteiger partial charge in [-0.2, -0.15) is 13.2 Å². The van der Waals surface area contributed by atoms with Crippen LogP contribution in [0.4, 0.5) is 13.2 Å². The van der Waals surface area contributed by atoms with Crippen molar-refractivity contribution in [3.8, 4) is 0 Å². The maximum absolute atomic E-state index is 12.4. The molecule has 0 saturated heterocycles. The Labute approximate surface area is 84.3 Å². The lowest BCUT2D eigenvalue weighted by Crippen LogP contribution is -2.15. The molecular formula is C10H9F3O2. The Kier molecular flexibility index (Phi) is 3.14. The molecule has 0 aliphatic rings. The standard InChI is InChI=1S/C10H9F3O2/c1-6(14)9(15)7-4-2-3-5-8(7)10(11,12)13/h2-5,9,15H,1H3. The molecule has 1 rings (SSSR count). The van der Waals surface area contributed by atoms with Crippen molar-refractivity contribution >= 4 is 5.78 Å². The number of aliphatic hydroxyl groups excluding tert-OH is 1. The minimum absolute atomic E-state index is 0.405. The first-order chi connectivity index (χ1) is 6.84. The highest BCUT2D eigenvalue weighted by atomic mass is 19.4. The Morgan fingerprint density at radius 3 is 2.33 bits per heavy atom. The topological polar surface area (TPSA) is 37.3 Å². The van der Waals surface area contributed by atoms with E-state index in [0.717, 1.165) is 19.1 Å². The second-order valence-corrected chi connectivity index (χ2v) is 3.10. The van der Waals surface area contributed by atoms with E-state index >= 15 is 0 Å². The monoisotopic (exact) mass is 218 g/mol. The molecule has 82 valence electrons. The van der Waals surface area contributed by atoms with E-state index in [1.54, 1.807) is 0 Å². The summed E-state index contributed by atoms with van der Waals surface area (Å²) < 4.78 is 37.3. The van der Waals surface area contributed by atoms with Gasteiger partial charge in [-0.1, -0.05) is 18.2 Å². The van der Waals surface area contributed by atoms with Gasteiger partial charge >= 0.3 is 6.18 Å². The smallest absolute Gasteiger partial charge is 0.381 e. The fourth-order valence-electron chi connectivity index (χ4n) is 1.21. The molecule has 5 heteroatoms. The molecule has 1 atom stereocenters. The van der Waals surface area contributed by atoms with Crippen molar-refractivity contribution in [3.63, 3.8) is 0 Å². The van der Waals surface area contributed by atoms with Crippen LogP contribution < -0.4 is 0 Å². The lowest BCUT2D eigenvalue weighted by molar-refractivity contribution is -0.140. The average molecular weight is 218 g/mol. The van der Waals surface area contributed by atoms with Gasteiger partial charge in [0, 0.05) is 5.56 Å². The Morgan fingerprint density at radius 1 is 1.33 bits per heavy atom. The largest absolute Gasteiger partial charge is 0.416 e. The number of hydrogen-bond donors (Lipinski definition) is 1. The summed E-state index contributed by atoms with van der Waals surface area (Å²) in [4.78, 5) is 10.8. The number of alkyl halides is 3. The van der Waals surface area contributed by atoms with Crippen molar-refractivity contribution in [2.24, 2.45) is 0 Å². The summed E-state index contributed by atoms with van der Waals surface area (Å²) in [6.07, 6.45) is -6.28. The predicted molar refractivity (Wildman–Crippen MR) is 47.1 cm³/mol. The molecular weight excluding hydrogens is 209 g/mol. The van der Waals surface area contributed by atoms with E-state index in [-0.39, 0.29) is 0 Å². The number of rotatable bonds is 2. The van der Waals surface area contributed by atoms with Crippen LogP contribution in [0.25, 0.3) is 0 Å². The van der Waals surface area contributed by atoms with Crippen molar-refractivity contribution in [3.05, 3.63) is 35.4 Å². The third-order valence-corrected chi connectivity index (χ3v) is 1.95. The van der Waals surface area contributed by atoms with Crippen LogP contribution in [0.15, 0.2) is 24.3 Å². The molecule has 0 aliphatic carbocycles. The van der Waals surface area contributed by atoms with Crippen LogP contribution in [0.1, 0.15) is 24.2 Å². The van der Waals surface area contributed by atoms with Crippen LogP contribution in [0, 0.1) is 0 Å². The van der Waals surface area contributed by atoms with E-state index in [1.807, 2.05) is 0 Å². The Balaban J connectivity index is 3.24. The third kappa shape index (κ3) is 2.56. The molecule has 0 fully saturated rings. The van der Waals surface area contributed by atoms with Gasteiger partial charge in [-0.25, -0.2) is 0 Å². The van der Waals surface area contributed by atoms with Gasteiger partial charge in [0.05, 0.1) is 5.56 Å². The van der Waals surface area contributed by atoms with Crippen molar-refractivity contribution in [1.29, 1.82) is 0 Å². The lowest BCUT2D eigenvalue weighted by Gasteiger charge is -2.15. The summed E-state index contributed by atoms with van der Waals surface area (Å²) in [5.74, 6) is -0.716. The van der Waals surface area contributed by atoms with Crippen molar-refractivity contribution in [2.45, 2.75) is 19.2 Å². The van der Waals surface area contributed by atoms with E-state index in [1.165, 1.54) is 12.1 Å². The van der Waals surface area contributed by atoms with Gasteiger partial charge in [-0.15, -0.1) is 0 Å². The maximum Gasteiger partial charge on any atom is 0.416 e. The van der Waals surface area contributed by atoms with Crippen LogP contribution in [-0.2, 0) is 11.0 Å². The SMILES string of the molecule is CC(=O)C(O)c1ccccc1C(F)(F)F. The molecule has 0 heterocycles. The molecule has 1 aromatic carbocycles. The molecule has 0 bridgehead atoms. The summed E-state index contributed by atoms with van der Waals surface area (Å²) >= 11 is 0. The molecule has 0 aromatic heterocycles. The first-order valence-corrected chi connectivity index (χ1v) is 4.18. The number of carbonyl (C=O) groups is 1. The average Bonchev–Trinajstić information content (AvgIpc) is 2.15. The molecule has 15 heavy (non-hydrogen) atoms. The minimum atomic E-state index is -4.56. The highest BCUT2D eigenvalue weighted by Gasteiger charge is 2.35. The second kappa shape index (κ2) is 4.02. The van der Waals surface area contributed by atoms with E-state index < -0.39 is 29.2 Å². The Morgan fingerprint density at radius 2 is 1.87 bits per heavy atom. The normalized spacial score (nSPS) is 13.7. The zero-order chi connectivity index (χ0) is 11.6. The summed E-state index contributed by atoms with van der Waals surface area (Å²) in [6.45, 7) is 1.04. The van der Waals surface area contributed by atoms with Crippen LogP contribution >= 0.6 is 0 Å². The van der Waals surface area contributed by atoms with Crippen molar-refractivity contribution < 1.29 is 23.1 Å². The Hall–Kier alpha value is -1.36. The maximum atomic E-state index is 12.4. The summed E-state index contributed by atoms with van der Waals surface area (Å²) in [5, 5.41) is 9.29. The second-order valence-electron chi connectivity index (χ2n) is 3.10.